The van der Waals surface area contributed by atoms with E-state index < -0.39 is 0 Å². The van der Waals surface area contributed by atoms with Crippen molar-refractivity contribution in [3.8, 4) is 11.8 Å². The van der Waals surface area contributed by atoms with E-state index in [4.69, 9.17) is 5.11 Å². The molecular formula is C12H18O. The molecule has 2 aliphatic carbocycles. The Morgan fingerprint density at radius 3 is 2.23 bits per heavy atom. The van der Waals surface area contributed by atoms with E-state index in [0.717, 1.165) is 37.0 Å². The predicted molar refractivity (Wildman–Crippen MR) is 53.0 cm³/mol. The highest BCUT2D eigenvalue weighted by atomic mass is 16.2. The van der Waals surface area contributed by atoms with E-state index >= 15 is 0 Å². The standard InChI is InChI=1S/C12H18O/c13-9-5-8-12-10-6-3-1-2-4-7-11(10)12/h10-13H,3-9H2/t10-,11-/m0/s1. The van der Waals surface area contributed by atoms with Gasteiger partial charge in [0.1, 0.15) is 0 Å². The maximum Gasteiger partial charge on any atom is 0.0431 e. The molecule has 0 radical (unpaired) electrons. The van der Waals surface area contributed by atoms with Crippen molar-refractivity contribution in [3.63, 3.8) is 0 Å². The summed E-state index contributed by atoms with van der Waals surface area (Å²) in [5.74, 6) is 9.29. The van der Waals surface area contributed by atoms with E-state index in [1.165, 1.54) is 19.3 Å². The lowest BCUT2D eigenvalue weighted by atomic mass is 10.1. The lowest BCUT2D eigenvalue weighted by molar-refractivity contribution is 0.279. The van der Waals surface area contributed by atoms with Crippen LogP contribution in [0.4, 0.5) is 0 Å². The minimum absolute atomic E-state index is 0.367. The van der Waals surface area contributed by atoms with Crippen molar-refractivity contribution in [1.82, 2.24) is 0 Å². The first kappa shape index (κ1) is 9.09. The monoisotopic (exact) mass is 178 g/mol. The lowest BCUT2D eigenvalue weighted by Gasteiger charge is -1.96. The summed E-state index contributed by atoms with van der Waals surface area (Å²) in [4.78, 5) is 0. The van der Waals surface area contributed by atoms with Gasteiger partial charge in [-0.15, -0.1) is 11.8 Å². The third kappa shape index (κ3) is 2.06. The molecule has 0 aromatic carbocycles. The van der Waals surface area contributed by atoms with Crippen LogP contribution in [0.15, 0.2) is 0 Å². The predicted octanol–water partition coefficient (Wildman–Crippen LogP) is 2.20. The molecule has 2 aliphatic rings. The number of aliphatic hydroxyl groups excluding tert-OH is 1. The van der Waals surface area contributed by atoms with E-state index in [1.54, 1.807) is 0 Å². The second kappa shape index (κ2) is 4.15. The molecule has 0 aromatic heterocycles. The fraction of sp³-hybridized carbons (Fsp3) is 0.833. The topological polar surface area (TPSA) is 20.2 Å². The quantitative estimate of drug-likeness (QED) is 0.657. The van der Waals surface area contributed by atoms with E-state index in [9.17, 15) is 0 Å². The van der Waals surface area contributed by atoms with Crippen LogP contribution in [0, 0.1) is 29.6 Å². The smallest absolute Gasteiger partial charge is 0.0431 e. The molecule has 1 heteroatoms. The van der Waals surface area contributed by atoms with E-state index in [2.05, 4.69) is 11.8 Å². The summed E-state index contributed by atoms with van der Waals surface area (Å²) in [5, 5.41) is 8.76. The van der Waals surface area contributed by atoms with E-state index in [-0.39, 0.29) is 0 Å². The average molecular weight is 178 g/mol. The summed E-state index contributed by atoms with van der Waals surface area (Å²) < 4.78 is 0. The molecule has 0 heterocycles. The average Bonchev–Trinajstić information content (AvgIpc) is 2.72. The van der Waals surface area contributed by atoms with Gasteiger partial charge in [0, 0.05) is 19.4 Å². The largest absolute Gasteiger partial charge is 0.396 e. The van der Waals surface area contributed by atoms with Crippen molar-refractivity contribution < 1.29 is 5.11 Å². The molecule has 0 spiro atoms. The van der Waals surface area contributed by atoms with Gasteiger partial charge in [0.05, 0.1) is 0 Å². The minimum atomic E-state index is 0.367. The molecule has 1 saturated carbocycles. The molecule has 1 nitrogen and oxygen atoms in total. The number of fused-ring (bicyclic) bond motifs is 1. The molecule has 0 saturated heterocycles. The second-order valence-electron chi connectivity index (χ2n) is 4.29. The molecule has 0 amide bonds. The molecule has 0 aromatic rings. The first-order chi connectivity index (χ1) is 6.43. The van der Waals surface area contributed by atoms with Crippen molar-refractivity contribution in [2.75, 3.05) is 6.61 Å². The highest BCUT2D eigenvalue weighted by Gasteiger charge is 2.47. The van der Waals surface area contributed by atoms with Crippen LogP contribution in [0.25, 0.3) is 0 Å². The molecule has 0 bridgehead atoms. The second-order valence-corrected chi connectivity index (χ2v) is 4.29. The highest BCUT2D eigenvalue weighted by Crippen LogP contribution is 2.54. The highest BCUT2D eigenvalue weighted by molar-refractivity contribution is 5.07. The van der Waals surface area contributed by atoms with Gasteiger partial charge in [-0.25, -0.2) is 0 Å². The molecule has 0 unspecified atom stereocenters. The molecule has 2 rings (SSSR count). The van der Waals surface area contributed by atoms with Crippen molar-refractivity contribution in [2.24, 2.45) is 17.8 Å². The van der Waals surface area contributed by atoms with Crippen molar-refractivity contribution >= 4 is 0 Å². The summed E-state index contributed by atoms with van der Waals surface area (Å²) >= 11 is 0. The van der Waals surface area contributed by atoms with Crippen LogP contribution in [-0.4, -0.2) is 11.7 Å². The van der Waals surface area contributed by atoms with Crippen molar-refractivity contribution in [2.45, 2.75) is 38.5 Å². The lowest BCUT2D eigenvalue weighted by Crippen LogP contribution is -1.87. The molecular weight excluding hydrogens is 160 g/mol. The van der Waals surface area contributed by atoms with Gasteiger partial charge in [-0.1, -0.05) is 0 Å². The van der Waals surface area contributed by atoms with Crippen LogP contribution in [-0.2, 0) is 0 Å². The van der Waals surface area contributed by atoms with Crippen LogP contribution in [0.2, 0.25) is 0 Å². The molecule has 0 aliphatic heterocycles. The summed E-state index contributed by atoms with van der Waals surface area (Å²) in [6.45, 7) is 0.367. The Bertz CT molecular complexity index is 205. The molecule has 72 valence electrons. The zero-order valence-electron chi connectivity index (χ0n) is 8.13. The van der Waals surface area contributed by atoms with Gasteiger partial charge in [0.25, 0.3) is 0 Å². The molecule has 13 heavy (non-hydrogen) atoms. The van der Waals surface area contributed by atoms with Gasteiger partial charge in [0.2, 0.25) is 0 Å². The fourth-order valence-corrected chi connectivity index (χ4v) is 2.79. The Morgan fingerprint density at radius 2 is 1.69 bits per heavy atom. The first-order valence-corrected chi connectivity index (χ1v) is 5.50. The Labute approximate surface area is 80.5 Å². The minimum Gasteiger partial charge on any atom is -0.396 e. The first-order valence-electron chi connectivity index (χ1n) is 5.50. The summed E-state index contributed by atoms with van der Waals surface area (Å²) in [7, 11) is 0. The Kier molecular flexibility index (Phi) is 2.90. The van der Waals surface area contributed by atoms with Crippen LogP contribution in [0.1, 0.15) is 38.5 Å². The maximum atomic E-state index is 8.76. The van der Waals surface area contributed by atoms with Gasteiger partial charge in [-0.05, 0) is 43.4 Å². The summed E-state index contributed by atoms with van der Waals surface area (Å²) in [6, 6.07) is 0. The van der Waals surface area contributed by atoms with Gasteiger partial charge in [-0.3, -0.25) is 0 Å². The van der Waals surface area contributed by atoms with E-state index in [0.29, 0.717) is 6.61 Å². The fourth-order valence-electron chi connectivity index (χ4n) is 2.79. The Morgan fingerprint density at radius 1 is 1.08 bits per heavy atom. The number of hydrogen-bond acceptors (Lipinski definition) is 1. The van der Waals surface area contributed by atoms with Gasteiger partial charge < -0.3 is 5.11 Å². The molecule has 2 atom stereocenters. The van der Waals surface area contributed by atoms with Gasteiger partial charge in [-0.2, -0.15) is 0 Å². The zero-order chi connectivity index (χ0) is 9.10. The Balaban J connectivity index is 1.79. The number of hydrogen-bond donors (Lipinski definition) is 1. The SMILES string of the molecule is OCCCC1[C@H]2CCC#CCC[C@H]12. The van der Waals surface area contributed by atoms with E-state index in [1.807, 2.05) is 0 Å². The number of rotatable bonds is 3. The number of aliphatic hydroxyl groups is 1. The maximum absolute atomic E-state index is 8.76. The summed E-state index contributed by atoms with van der Waals surface area (Å²) in [6.07, 6.45) is 7.08. The Hall–Kier alpha value is -0.480. The molecule has 1 fully saturated rings. The zero-order valence-corrected chi connectivity index (χ0v) is 8.13. The van der Waals surface area contributed by atoms with Crippen LogP contribution >= 0.6 is 0 Å². The molecule has 1 N–H and O–H groups in total. The van der Waals surface area contributed by atoms with Crippen LogP contribution < -0.4 is 0 Å². The summed E-state index contributed by atoms with van der Waals surface area (Å²) in [5.41, 5.74) is 0. The van der Waals surface area contributed by atoms with Crippen LogP contribution in [0.3, 0.4) is 0 Å². The van der Waals surface area contributed by atoms with Gasteiger partial charge >= 0.3 is 0 Å². The van der Waals surface area contributed by atoms with Gasteiger partial charge in [0.15, 0.2) is 0 Å². The van der Waals surface area contributed by atoms with Crippen LogP contribution in [0.5, 0.6) is 0 Å². The third-order valence-electron chi connectivity index (χ3n) is 3.53. The van der Waals surface area contributed by atoms with Crippen molar-refractivity contribution in [1.29, 1.82) is 0 Å². The normalized spacial score (nSPS) is 36.5. The third-order valence-corrected chi connectivity index (χ3v) is 3.53. The van der Waals surface area contributed by atoms with Crippen molar-refractivity contribution in [3.05, 3.63) is 0 Å².